The molecule has 2 rings (SSSR count). The zero-order valence-corrected chi connectivity index (χ0v) is 14.5. The summed E-state index contributed by atoms with van der Waals surface area (Å²) in [7, 11) is 3.78. The van der Waals surface area contributed by atoms with E-state index in [0.29, 0.717) is 11.5 Å². The van der Waals surface area contributed by atoms with E-state index in [-0.39, 0.29) is 11.1 Å². The fourth-order valence-electron chi connectivity index (χ4n) is 2.56. The molecule has 2 aromatic rings. The number of esters is 1. The molecule has 0 spiro atoms. The summed E-state index contributed by atoms with van der Waals surface area (Å²) >= 11 is 0. The summed E-state index contributed by atoms with van der Waals surface area (Å²) < 4.78 is 44.1. The number of halogens is 2. The molecule has 0 aliphatic heterocycles. The summed E-state index contributed by atoms with van der Waals surface area (Å²) in [5.41, 5.74) is 0.302. The van der Waals surface area contributed by atoms with Gasteiger partial charge in [-0.2, -0.15) is 8.78 Å². The van der Waals surface area contributed by atoms with Crippen LogP contribution in [0.25, 0.3) is 0 Å². The molecule has 0 heterocycles. The molecule has 5 nitrogen and oxygen atoms in total. The monoisotopic (exact) mass is 364 g/mol. The molecule has 0 saturated heterocycles. The smallest absolute Gasteiger partial charge is 0.380 e. The molecule has 0 radical (unpaired) electrons. The minimum Gasteiger partial charge on any atom is -0.497 e. The van der Waals surface area contributed by atoms with Gasteiger partial charge in [-0.25, -0.2) is 4.79 Å². The maximum absolute atomic E-state index is 14.9. The Hall–Kier alpha value is -2.96. The average molecular weight is 364 g/mol. The Morgan fingerprint density at radius 3 is 1.50 bits per heavy atom. The Labute approximate surface area is 149 Å². The lowest BCUT2D eigenvalue weighted by atomic mass is 9.84. The Morgan fingerprint density at radius 2 is 1.19 bits per heavy atom. The standard InChI is InChI=1S/C19H18F2O5/c1-24-14-8-4-12(5-9-14)16(13-6-10-15(25-2)11-7-13)19(20,21)17(22)18(23)26-3/h4-11,16H,1-3H3. The fourth-order valence-corrected chi connectivity index (χ4v) is 2.56. The number of Topliss-reactive ketones (excluding diaryl/α,β-unsaturated/α-hetero) is 1. The number of carbonyl (C=O) groups excluding carboxylic acids is 2. The molecular weight excluding hydrogens is 346 g/mol. The van der Waals surface area contributed by atoms with Crippen LogP contribution in [0.3, 0.4) is 0 Å². The summed E-state index contributed by atoms with van der Waals surface area (Å²) in [5.74, 6) is -8.23. The van der Waals surface area contributed by atoms with Gasteiger partial charge in [0, 0.05) is 0 Å². The Kier molecular flexibility index (Phi) is 5.92. The van der Waals surface area contributed by atoms with Gasteiger partial charge in [-0.3, -0.25) is 4.79 Å². The van der Waals surface area contributed by atoms with Crippen molar-refractivity contribution < 1.29 is 32.6 Å². The van der Waals surface area contributed by atoms with Crippen LogP contribution in [-0.4, -0.2) is 39.0 Å². The van der Waals surface area contributed by atoms with Gasteiger partial charge < -0.3 is 14.2 Å². The van der Waals surface area contributed by atoms with Gasteiger partial charge in [0.15, 0.2) is 0 Å². The lowest BCUT2D eigenvalue weighted by Crippen LogP contribution is -2.41. The van der Waals surface area contributed by atoms with Crippen molar-refractivity contribution in [3.8, 4) is 11.5 Å². The Morgan fingerprint density at radius 1 is 0.808 bits per heavy atom. The number of carbonyl (C=O) groups is 2. The summed E-state index contributed by atoms with van der Waals surface area (Å²) in [6.07, 6.45) is 0. The van der Waals surface area contributed by atoms with E-state index in [4.69, 9.17) is 9.47 Å². The predicted octanol–water partition coefficient (Wildman–Crippen LogP) is 3.21. The van der Waals surface area contributed by atoms with Crippen molar-refractivity contribution in [2.45, 2.75) is 11.8 Å². The molecule has 26 heavy (non-hydrogen) atoms. The third-order valence-corrected chi connectivity index (χ3v) is 3.93. The molecule has 0 atom stereocenters. The lowest BCUT2D eigenvalue weighted by Gasteiger charge is -2.26. The normalized spacial score (nSPS) is 11.2. The van der Waals surface area contributed by atoms with Crippen molar-refractivity contribution in [1.82, 2.24) is 0 Å². The van der Waals surface area contributed by atoms with Gasteiger partial charge in [-0.05, 0) is 35.4 Å². The van der Waals surface area contributed by atoms with Crippen LogP contribution in [0.5, 0.6) is 11.5 Å². The topological polar surface area (TPSA) is 61.8 Å². The van der Waals surface area contributed by atoms with Crippen LogP contribution in [-0.2, 0) is 14.3 Å². The maximum Gasteiger partial charge on any atom is 0.380 e. The number of alkyl halides is 2. The quantitative estimate of drug-likeness (QED) is 0.558. The summed E-state index contributed by atoms with van der Waals surface area (Å²) in [6, 6.07) is 11.7. The van der Waals surface area contributed by atoms with Crippen LogP contribution in [0.4, 0.5) is 8.78 Å². The third-order valence-electron chi connectivity index (χ3n) is 3.93. The van der Waals surface area contributed by atoms with Gasteiger partial charge >= 0.3 is 17.7 Å². The molecule has 0 aromatic heterocycles. The first kappa shape index (κ1) is 19.4. The van der Waals surface area contributed by atoms with Gasteiger partial charge in [0.1, 0.15) is 11.5 Å². The molecule has 0 fully saturated rings. The first-order valence-electron chi connectivity index (χ1n) is 7.63. The van der Waals surface area contributed by atoms with Gasteiger partial charge in [0.05, 0.1) is 27.2 Å². The third kappa shape index (κ3) is 3.82. The van der Waals surface area contributed by atoms with E-state index in [1.807, 2.05) is 0 Å². The first-order valence-corrected chi connectivity index (χ1v) is 7.63. The number of ketones is 1. The first-order chi connectivity index (χ1) is 12.3. The molecule has 0 unspecified atom stereocenters. The van der Waals surface area contributed by atoms with Crippen molar-refractivity contribution in [2.75, 3.05) is 21.3 Å². The highest BCUT2D eigenvalue weighted by molar-refractivity contribution is 6.36. The minimum atomic E-state index is -4.00. The van der Waals surface area contributed by atoms with Crippen molar-refractivity contribution in [3.63, 3.8) is 0 Å². The van der Waals surface area contributed by atoms with Crippen LogP contribution >= 0.6 is 0 Å². The van der Waals surface area contributed by atoms with Crippen LogP contribution in [0.15, 0.2) is 48.5 Å². The van der Waals surface area contributed by atoms with Crippen molar-refractivity contribution in [2.24, 2.45) is 0 Å². The predicted molar refractivity (Wildman–Crippen MR) is 89.8 cm³/mol. The van der Waals surface area contributed by atoms with Crippen LogP contribution in [0, 0.1) is 0 Å². The zero-order chi connectivity index (χ0) is 19.3. The maximum atomic E-state index is 14.9. The Bertz CT molecular complexity index is 722. The number of methoxy groups -OCH3 is 3. The molecule has 0 bridgehead atoms. The second-order valence-electron chi connectivity index (χ2n) is 5.42. The molecule has 0 amide bonds. The molecule has 7 heteroatoms. The van der Waals surface area contributed by atoms with Gasteiger partial charge in [0.2, 0.25) is 0 Å². The second kappa shape index (κ2) is 7.95. The van der Waals surface area contributed by atoms with Gasteiger partial charge in [0.25, 0.3) is 0 Å². The van der Waals surface area contributed by atoms with E-state index >= 15 is 0 Å². The average Bonchev–Trinajstić information content (AvgIpc) is 2.67. The molecule has 2 aromatic carbocycles. The van der Waals surface area contributed by atoms with E-state index < -0.39 is 23.6 Å². The number of hydrogen-bond acceptors (Lipinski definition) is 5. The van der Waals surface area contributed by atoms with E-state index in [2.05, 4.69) is 4.74 Å². The Balaban J connectivity index is 2.55. The van der Waals surface area contributed by atoms with Gasteiger partial charge in [-0.1, -0.05) is 24.3 Å². The SMILES string of the molecule is COC(=O)C(=O)C(F)(F)C(c1ccc(OC)cc1)c1ccc(OC)cc1. The fraction of sp³-hybridized carbons (Fsp3) is 0.263. The molecule has 138 valence electrons. The summed E-state index contributed by atoms with van der Waals surface area (Å²) in [5, 5.41) is 0. The number of ether oxygens (including phenoxy) is 3. The highest BCUT2D eigenvalue weighted by Gasteiger charge is 2.52. The van der Waals surface area contributed by atoms with Gasteiger partial charge in [-0.15, -0.1) is 0 Å². The van der Waals surface area contributed by atoms with Crippen molar-refractivity contribution in [1.29, 1.82) is 0 Å². The minimum absolute atomic E-state index is 0.151. The lowest BCUT2D eigenvalue weighted by molar-refractivity contribution is -0.165. The van der Waals surface area contributed by atoms with Crippen molar-refractivity contribution in [3.05, 3.63) is 59.7 Å². The summed E-state index contributed by atoms with van der Waals surface area (Å²) in [6.45, 7) is 0. The van der Waals surface area contributed by atoms with E-state index in [1.54, 1.807) is 0 Å². The molecule has 0 N–H and O–H groups in total. The summed E-state index contributed by atoms with van der Waals surface area (Å²) in [4.78, 5) is 23.4. The molecule has 0 saturated carbocycles. The molecule has 0 aliphatic rings. The largest absolute Gasteiger partial charge is 0.497 e. The number of rotatable bonds is 7. The van der Waals surface area contributed by atoms with Crippen LogP contribution < -0.4 is 9.47 Å². The number of hydrogen-bond donors (Lipinski definition) is 0. The number of benzene rings is 2. The molecular formula is C19H18F2O5. The van der Waals surface area contributed by atoms with Crippen LogP contribution in [0.2, 0.25) is 0 Å². The van der Waals surface area contributed by atoms with E-state index in [1.165, 1.54) is 62.8 Å². The van der Waals surface area contributed by atoms with Crippen molar-refractivity contribution >= 4 is 11.8 Å². The highest BCUT2D eigenvalue weighted by atomic mass is 19.3. The van der Waals surface area contributed by atoms with E-state index in [0.717, 1.165) is 7.11 Å². The second-order valence-corrected chi connectivity index (χ2v) is 5.42. The van der Waals surface area contributed by atoms with E-state index in [9.17, 15) is 18.4 Å². The molecule has 0 aliphatic carbocycles. The van der Waals surface area contributed by atoms with Crippen LogP contribution in [0.1, 0.15) is 17.0 Å². The zero-order valence-electron chi connectivity index (χ0n) is 14.5. The highest BCUT2D eigenvalue weighted by Crippen LogP contribution is 2.41.